The quantitative estimate of drug-likeness (QED) is 0.871. The fraction of sp³-hybridized carbons (Fsp3) is 0.364. The Kier molecular flexibility index (Phi) is 4.78. The van der Waals surface area contributed by atoms with Crippen LogP contribution < -0.4 is 11.1 Å². The fourth-order valence-electron chi connectivity index (χ4n) is 1.17. The van der Waals surface area contributed by atoms with Crippen LogP contribution in [0.25, 0.3) is 0 Å². The van der Waals surface area contributed by atoms with Crippen LogP contribution in [0.3, 0.4) is 0 Å². The van der Waals surface area contributed by atoms with Crippen LogP contribution in [0.2, 0.25) is 0 Å². The van der Waals surface area contributed by atoms with Crippen molar-refractivity contribution in [1.29, 1.82) is 0 Å². The monoisotopic (exact) mass is 270 g/mol. The van der Waals surface area contributed by atoms with Gasteiger partial charge in [-0.1, -0.05) is 28.1 Å². The lowest BCUT2D eigenvalue weighted by Crippen LogP contribution is -2.38. The molecule has 1 unspecified atom stereocenters. The molecule has 0 aromatic heterocycles. The van der Waals surface area contributed by atoms with Crippen molar-refractivity contribution < 1.29 is 4.79 Å². The summed E-state index contributed by atoms with van der Waals surface area (Å²) >= 11 is 3.35. The predicted molar refractivity (Wildman–Crippen MR) is 64.5 cm³/mol. The van der Waals surface area contributed by atoms with E-state index in [0.29, 0.717) is 13.0 Å². The van der Waals surface area contributed by atoms with Crippen LogP contribution in [0.1, 0.15) is 12.5 Å². The molecule has 3 nitrogen and oxygen atoms in total. The normalized spacial score (nSPS) is 12.2. The molecule has 4 heteroatoms. The SMILES string of the molecule is CC(CN)NC(=O)Cc1ccc(Br)cc1. The second-order valence-corrected chi connectivity index (χ2v) is 4.42. The van der Waals surface area contributed by atoms with Gasteiger partial charge in [0.05, 0.1) is 6.42 Å². The number of benzene rings is 1. The highest BCUT2D eigenvalue weighted by molar-refractivity contribution is 9.10. The number of halogens is 1. The molecule has 0 aliphatic rings. The van der Waals surface area contributed by atoms with Gasteiger partial charge in [-0.2, -0.15) is 0 Å². The summed E-state index contributed by atoms with van der Waals surface area (Å²) in [7, 11) is 0. The molecule has 0 bridgehead atoms. The van der Waals surface area contributed by atoms with Gasteiger partial charge in [0, 0.05) is 17.1 Å². The van der Waals surface area contributed by atoms with E-state index in [2.05, 4.69) is 21.2 Å². The van der Waals surface area contributed by atoms with Crippen molar-refractivity contribution in [3.63, 3.8) is 0 Å². The van der Waals surface area contributed by atoms with E-state index in [-0.39, 0.29) is 11.9 Å². The predicted octanol–water partition coefficient (Wildman–Crippen LogP) is 1.46. The zero-order valence-electron chi connectivity index (χ0n) is 8.66. The minimum Gasteiger partial charge on any atom is -0.352 e. The van der Waals surface area contributed by atoms with Crippen LogP contribution in [-0.2, 0) is 11.2 Å². The van der Waals surface area contributed by atoms with Gasteiger partial charge in [-0.3, -0.25) is 4.79 Å². The van der Waals surface area contributed by atoms with Crippen molar-refractivity contribution in [3.05, 3.63) is 34.3 Å². The number of rotatable bonds is 4. The molecule has 0 fully saturated rings. The minimum atomic E-state index is 0.00951. The minimum absolute atomic E-state index is 0.00951. The first-order chi connectivity index (χ1) is 7.11. The molecule has 0 aliphatic carbocycles. The summed E-state index contributed by atoms with van der Waals surface area (Å²) < 4.78 is 1.02. The molecular weight excluding hydrogens is 256 g/mol. The summed E-state index contributed by atoms with van der Waals surface area (Å²) in [5.74, 6) is 0.00951. The van der Waals surface area contributed by atoms with Crippen molar-refractivity contribution in [3.8, 4) is 0 Å². The molecule has 0 saturated heterocycles. The first-order valence-corrected chi connectivity index (χ1v) is 5.65. The van der Waals surface area contributed by atoms with E-state index in [4.69, 9.17) is 5.73 Å². The van der Waals surface area contributed by atoms with Crippen molar-refractivity contribution in [2.75, 3.05) is 6.54 Å². The molecule has 1 aromatic rings. The topological polar surface area (TPSA) is 55.1 Å². The summed E-state index contributed by atoms with van der Waals surface area (Å²) in [5, 5.41) is 2.82. The van der Waals surface area contributed by atoms with E-state index < -0.39 is 0 Å². The van der Waals surface area contributed by atoms with E-state index in [0.717, 1.165) is 10.0 Å². The Labute approximate surface area is 98.2 Å². The summed E-state index contributed by atoms with van der Waals surface area (Å²) in [4.78, 5) is 11.5. The van der Waals surface area contributed by atoms with Gasteiger partial charge >= 0.3 is 0 Å². The lowest BCUT2D eigenvalue weighted by atomic mass is 10.1. The maximum absolute atomic E-state index is 11.5. The molecule has 82 valence electrons. The van der Waals surface area contributed by atoms with Crippen molar-refractivity contribution in [2.24, 2.45) is 5.73 Å². The molecule has 0 aliphatic heterocycles. The van der Waals surface area contributed by atoms with E-state index in [9.17, 15) is 4.79 Å². The van der Waals surface area contributed by atoms with Gasteiger partial charge in [0.25, 0.3) is 0 Å². The number of amides is 1. The van der Waals surface area contributed by atoms with Gasteiger partial charge in [-0.05, 0) is 24.6 Å². The summed E-state index contributed by atoms with van der Waals surface area (Å²) in [6, 6.07) is 7.74. The van der Waals surface area contributed by atoms with Crippen molar-refractivity contribution in [1.82, 2.24) is 5.32 Å². The number of nitrogens with one attached hydrogen (secondary N) is 1. The Bertz CT molecular complexity index is 324. The summed E-state index contributed by atoms with van der Waals surface area (Å²) in [6.45, 7) is 2.35. The molecular formula is C11H15BrN2O. The van der Waals surface area contributed by atoms with Gasteiger partial charge < -0.3 is 11.1 Å². The third kappa shape index (κ3) is 4.44. The number of hydrogen-bond acceptors (Lipinski definition) is 2. The van der Waals surface area contributed by atoms with Crippen LogP contribution >= 0.6 is 15.9 Å². The van der Waals surface area contributed by atoms with Gasteiger partial charge in [0.15, 0.2) is 0 Å². The molecule has 0 saturated carbocycles. The Morgan fingerprint density at radius 2 is 2.07 bits per heavy atom. The van der Waals surface area contributed by atoms with Crippen LogP contribution in [0.4, 0.5) is 0 Å². The Morgan fingerprint density at radius 3 is 2.60 bits per heavy atom. The second-order valence-electron chi connectivity index (χ2n) is 3.51. The highest BCUT2D eigenvalue weighted by atomic mass is 79.9. The highest BCUT2D eigenvalue weighted by Crippen LogP contribution is 2.10. The first-order valence-electron chi connectivity index (χ1n) is 4.85. The van der Waals surface area contributed by atoms with Gasteiger partial charge in [0.1, 0.15) is 0 Å². The number of carbonyl (C=O) groups is 1. The van der Waals surface area contributed by atoms with Crippen molar-refractivity contribution in [2.45, 2.75) is 19.4 Å². The van der Waals surface area contributed by atoms with Crippen LogP contribution in [-0.4, -0.2) is 18.5 Å². The molecule has 1 atom stereocenters. The lowest BCUT2D eigenvalue weighted by Gasteiger charge is -2.11. The molecule has 15 heavy (non-hydrogen) atoms. The second kappa shape index (κ2) is 5.88. The van der Waals surface area contributed by atoms with E-state index in [1.165, 1.54) is 0 Å². The van der Waals surface area contributed by atoms with Gasteiger partial charge in [-0.15, -0.1) is 0 Å². The maximum atomic E-state index is 11.5. The molecule has 1 amide bonds. The Morgan fingerprint density at radius 1 is 1.47 bits per heavy atom. The molecule has 0 heterocycles. The zero-order valence-corrected chi connectivity index (χ0v) is 10.3. The summed E-state index contributed by atoms with van der Waals surface area (Å²) in [6.07, 6.45) is 0.400. The zero-order chi connectivity index (χ0) is 11.3. The van der Waals surface area contributed by atoms with Crippen LogP contribution in [0, 0.1) is 0 Å². The highest BCUT2D eigenvalue weighted by Gasteiger charge is 2.06. The number of carbonyl (C=O) groups excluding carboxylic acids is 1. The van der Waals surface area contributed by atoms with Crippen LogP contribution in [0.15, 0.2) is 28.7 Å². The third-order valence-electron chi connectivity index (χ3n) is 2.04. The van der Waals surface area contributed by atoms with E-state index >= 15 is 0 Å². The average Bonchev–Trinajstić information content (AvgIpc) is 2.21. The molecule has 3 N–H and O–H groups in total. The number of hydrogen-bond donors (Lipinski definition) is 2. The fourth-order valence-corrected chi connectivity index (χ4v) is 1.44. The largest absolute Gasteiger partial charge is 0.352 e. The summed E-state index contributed by atoms with van der Waals surface area (Å²) in [5.41, 5.74) is 6.41. The van der Waals surface area contributed by atoms with Gasteiger partial charge in [0.2, 0.25) is 5.91 Å². The molecule has 0 spiro atoms. The molecule has 1 rings (SSSR count). The average molecular weight is 271 g/mol. The molecule has 1 aromatic carbocycles. The third-order valence-corrected chi connectivity index (χ3v) is 2.57. The smallest absolute Gasteiger partial charge is 0.224 e. The maximum Gasteiger partial charge on any atom is 0.224 e. The first kappa shape index (κ1) is 12.2. The van der Waals surface area contributed by atoms with Crippen molar-refractivity contribution >= 4 is 21.8 Å². The Balaban J connectivity index is 2.48. The number of nitrogens with two attached hydrogens (primary N) is 1. The van der Waals surface area contributed by atoms with E-state index in [1.807, 2.05) is 31.2 Å². The lowest BCUT2D eigenvalue weighted by molar-refractivity contribution is -0.120. The molecule has 0 radical (unpaired) electrons. The van der Waals surface area contributed by atoms with Crippen LogP contribution in [0.5, 0.6) is 0 Å². The van der Waals surface area contributed by atoms with Gasteiger partial charge in [-0.25, -0.2) is 0 Å². The standard InChI is InChI=1S/C11H15BrN2O/c1-8(7-13)14-11(15)6-9-2-4-10(12)5-3-9/h2-5,8H,6-7,13H2,1H3,(H,14,15). The van der Waals surface area contributed by atoms with E-state index in [1.54, 1.807) is 0 Å². The Hall–Kier alpha value is -0.870.